The van der Waals surface area contributed by atoms with Crippen LogP contribution in [0, 0.1) is 0 Å². The molecule has 1 nitrogen and oxygen atoms in total. The van der Waals surface area contributed by atoms with Gasteiger partial charge < -0.3 is 4.74 Å². The van der Waals surface area contributed by atoms with Crippen molar-refractivity contribution in [3.05, 3.63) is 65.2 Å². The molecule has 0 bridgehead atoms. The Labute approximate surface area is 139 Å². The Morgan fingerprint density at radius 1 is 0.833 bits per heavy atom. The van der Waals surface area contributed by atoms with Crippen LogP contribution in [0.15, 0.2) is 48.5 Å². The molecular formula is C21H18F2O. The summed E-state index contributed by atoms with van der Waals surface area (Å²) in [5, 5.41) is 1.66. The zero-order valence-electron chi connectivity index (χ0n) is 13.7. The SMILES string of the molecule is CCc1ccc2c(c1)C(F)(F)Oc1c-2ccc2cc(CC)ccc12. The van der Waals surface area contributed by atoms with E-state index in [9.17, 15) is 8.78 Å². The molecule has 0 unspecified atom stereocenters. The molecule has 0 aliphatic carbocycles. The predicted octanol–water partition coefficient (Wildman–Crippen LogP) is 6.07. The third-order valence-corrected chi connectivity index (χ3v) is 4.77. The topological polar surface area (TPSA) is 9.23 Å². The number of fused-ring (bicyclic) bond motifs is 5. The highest BCUT2D eigenvalue weighted by Crippen LogP contribution is 2.49. The largest absolute Gasteiger partial charge is 0.428 e. The normalized spacial score (nSPS) is 14.8. The van der Waals surface area contributed by atoms with Gasteiger partial charge in [0.1, 0.15) is 5.75 Å². The van der Waals surface area contributed by atoms with Crippen molar-refractivity contribution in [3.8, 4) is 16.9 Å². The van der Waals surface area contributed by atoms with E-state index in [2.05, 4.69) is 6.92 Å². The number of aryl methyl sites for hydroxylation is 2. The van der Waals surface area contributed by atoms with Crippen LogP contribution < -0.4 is 4.74 Å². The summed E-state index contributed by atoms with van der Waals surface area (Å²) in [5.41, 5.74) is 3.31. The fourth-order valence-corrected chi connectivity index (χ4v) is 3.36. The zero-order valence-corrected chi connectivity index (χ0v) is 13.7. The Morgan fingerprint density at radius 2 is 1.50 bits per heavy atom. The second-order valence-electron chi connectivity index (χ2n) is 6.20. The summed E-state index contributed by atoms with van der Waals surface area (Å²) in [7, 11) is 0. The lowest BCUT2D eigenvalue weighted by Crippen LogP contribution is -2.26. The molecule has 0 radical (unpaired) electrons. The van der Waals surface area contributed by atoms with E-state index < -0.39 is 6.11 Å². The van der Waals surface area contributed by atoms with Crippen LogP contribution in [-0.4, -0.2) is 0 Å². The van der Waals surface area contributed by atoms with Gasteiger partial charge in [-0.25, -0.2) is 0 Å². The fourth-order valence-electron chi connectivity index (χ4n) is 3.36. The summed E-state index contributed by atoms with van der Waals surface area (Å²) < 4.78 is 34.5. The minimum atomic E-state index is -3.31. The van der Waals surface area contributed by atoms with E-state index >= 15 is 0 Å². The van der Waals surface area contributed by atoms with Crippen LogP contribution in [-0.2, 0) is 19.0 Å². The first kappa shape index (κ1) is 15.1. The minimum absolute atomic E-state index is 0.0427. The van der Waals surface area contributed by atoms with Crippen molar-refractivity contribution >= 4 is 10.8 Å². The Morgan fingerprint density at radius 3 is 2.25 bits per heavy atom. The molecule has 0 fully saturated rings. The quantitative estimate of drug-likeness (QED) is 0.555. The van der Waals surface area contributed by atoms with Crippen molar-refractivity contribution in [1.82, 2.24) is 0 Å². The highest BCUT2D eigenvalue weighted by molar-refractivity contribution is 5.96. The molecule has 3 aromatic carbocycles. The molecule has 1 heterocycles. The van der Waals surface area contributed by atoms with Crippen molar-refractivity contribution in [3.63, 3.8) is 0 Å². The van der Waals surface area contributed by atoms with Crippen molar-refractivity contribution < 1.29 is 13.5 Å². The first-order chi connectivity index (χ1) is 11.5. The van der Waals surface area contributed by atoms with Crippen LogP contribution in [0.2, 0.25) is 0 Å². The molecule has 122 valence electrons. The third kappa shape index (κ3) is 2.19. The van der Waals surface area contributed by atoms with Gasteiger partial charge in [0.25, 0.3) is 0 Å². The van der Waals surface area contributed by atoms with Gasteiger partial charge in [-0.2, -0.15) is 8.78 Å². The van der Waals surface area contributed by atoms with Crippen LogP contribution >= 0.6 is 0 Å². The molecule has 0 aromatic heterocycles. The van der Waals surface area contributed by atoms with Crippen LogP contribution in [0.3, 0.4) is 0 Å². The van der Waals surface area contributed by atoms with Crippen molar-refractivity contribution in [1.29, 1.82) is 0 Å². The second kappa shape index (κ2) is 5.30. The lowest BCUT2D eigenvalue weighted by Gasteiger charge is -2.29. The molecule has 0 atom stereocenters. The van der Waals surface area contributed by atoms with Crippen molar-refractivity contribution in [2.24, 2.45) is 0 Å². The van der Waals surface area contributed by atoms with Gasteiger partial charge in [0, 0.05) is 10.9 Å². The molecule has 3 heteroatoms. The van der Waals surface area contributed by atoms with E-state index in [1.807, 2.05) is 43.3 Å². The lowest BCUT2D eigenvalue weighted by atomic mass is 9.91. The Hall–Kier alpha value is -2.42. The molecule has 0 spiro atoms. The summed E-state index contributed by atoms with van der Waals surface area (Å²) >= 11 is 0. The summed E-state index contributed by atoms with van der Waals surface area (Å²) in [6, 6.07) is 15.0. The summed E-state index contributed by atoms with van der Waals surface area (Å²) in [5.74, 6) is 0.275. The maximum atomic E-state index is 14.6. The smallest absolute Gasteiger partial charge is 0.427 e. The van der Waals surface area contributed by atoms with Gasteiger partial charge in [0.15, 0.2) is 0 Å². The van der Waals surface area contributed by atoms with Gasteiger partial charge in [-0.1, -0.05) is 50.2 Å². The summed E-state index contributed by atoms with van der Waals surface area (Å²) in [4.78, 5) is 0. The van der Waals surface area contributed by atoms with Crippen LogP contribution in [0.5, 0.6) is 5.75 Å². The molecule has 4 rings (SSSR count). The van der Waals surface area contributed by atoms with Crippen LogP contribution in [0.1, 0.15) is 30.5 Å². The number of halogens is 2. The molecule has 24 heavy (non-hydrogen) atoms. The number of benzene rings is 3. The number of hydrogen-bond donors (Lipinski definition) is 0. The number of alkyl halides is 2. The molecule has 0 amide bonds. The zero-order chi connectivity index (χ0) is 16.9. The van der Waals surface area contributed by atoms with Gasteiger partial charge >= 0.3 is 6.11 Å². The van der Waals surface area contributed by atoms with Crippen molar-refractivity contribution in [2.75, 3.05) is 0 Å². The van der Waals surface area contributed by atoms with Gasteiger partial charge in [-0.15, -0.1) is 0 Å². The van der Waals surface area contributed by atoms with Gasteiger partial charge in [-0.3, -0.25) is 0 Å². The highest BCUT2D eigenvalue weighted by Gasteiger charge is 2.42. The van der Waals surface area contributed by atoms with E-state index in [1.165, 1.54) is 5.56 Å². The van der Waals surface area contributed by atoms with Gasteiger partial charge in [-0.05, 0) is 47.1 Å². The summed E-state index contributed by atoms with van der Waals surface area (Å²) in [6.07, 6.45) is -1.69. The first-order valence-corrected chi connectivity index (χ1v) is 8.29. The molecule has 0 N–H and O–H groups in total. The molecular weight excluding hydrogens is 306 g/mol. The number of rotatable bonds is 2. The standard InChI is InChI=1S/C21H18F2O/c1-3-13-5-8-16-15(11-13)7-10-18-17-9-6-14(4-2)12-19(17)21(22,23)24-20(16)18/h5-12H,3-4H2,1-2H3. The maximum absolute atomic E-state index is 14.6. The van der Waals surface area contributed by atoms with Gasteiger partial charge in [0.05, 0.1) is 5.56 Å². The predicted molar refractivity (Wildman–Crippen MR) is 92.7 cm³/mol. The molecule has 1 aliphatic rings. The van der Waals surface area contributed by atoms with Gasteiger partial charge in [0.2, 0.25) is 0 Å². The Balaban J connectivity index is 2.00. The Kier molecular flexibility index (Phi) is 3.34. The maximum Gasteiger partial charge on any atom is 0.427 e. The van der Waals surface area contributed by atoms with E-state index in [-0.39, 0.29) is 11.3 Å². The molecule has 3 aromatic rings. The molecule has 0 saturated heterocycles. The average molecular weight is 324 g/mol. The number of hydrogen-bond acceptors (Lipinski definition) is 1. The lowest BCUT2D eigenvalue weighted by molar-refractivity contribution is -0.186. The minimum Gasteiger partial charge on any atom is -0.428 e. The van der Waals surface area contributed by atoms with Crippen LogP contribution in [0.4, 0.5) is 8.78 Å². The van der Waals surface area contributed by atoms with E-state index in [0.29, 0.717) is 12.0 Å². The molecule has 1 aliphatic heterocycles. The first-order valence-electron chi connectivity index (χ1n) is 8.29. The number of ether oxygens (including phenoxy) is 1. The average Bonchev–Trinajstić information content (AvgIpc) is 2.60. The van der Waals surface area contributed by atoms with E-state index in [4.69, 9.17) is 4.74 Å². The van der Waals surface area contributed by atoms with E-state index in [1.54, 1.807) is 12.1 Å². The molecule has 0 saturated carbocycles. The van der Waals surface area contributed by atoms with Crippen molar-refractivity contribution in [2.45, 2.75) is 32.8 Å². The highest BCUT2D eigenvalue weighted by atomic mass is 19.3. The second-order valence-corrected chi connectivity index (χ2v) is 6.20. The Bertz CT molecular complexity index is 944. The van der Waals surface area contributed by atoms with E-state index in [0.717, 1.165) is 28.3 Å². The fraction of sp³-hybridized carbons (Fsp3) is 0.238. The summed E-state index contributed by atoms with van der Waals surface area (Å²) in [6.45, 7) is 4.03. The van der Waals surface area contributed by atoms with Crippen LogP contribution in [0.25, 0.3) is 21.9 Å². The monoisotopic (exact) mass is 324 g/mol. The third-order valence-electron chi connectivity index (χ3n) is 4.77.